The summed E-state index contributed by atoms with van der Waals surface area (Å²) in [6, 6.07) is 8.88. The Balaban J connectivity index is 2.37. The molecule has 0 aliphatic heterocycles. The van der Waals surface area contributed by atoms with Gasteiger partial charge in [0.2, 0.25) is 0 Å². The molecule has 0 atom stereocenters. The van der Waals surface area contributed by atoms with Crippen molar-refractivity contribution in [1.29, 1.82) is 0 Å². The van der Waals surface area contributed by atoms with Crippen LogP contribution in [0.25, 0.3) is 0 Å². The summed E-state index contributed by atoms with van der Waals surface area (Å²) in [7, 11) is 0. The first-order valence-electron chi connectivity index (χ1n) is 5.22. The van der Waals surface area contributed by atoms with E-state index in [9.17, 15) is 4.79 Å². The second kappa shape index (κ2) is 5.38. The minimum absolute atomic E-state index is 0.0809. The van der Waals surface area contributed by atoms with E-state index in [0.29, 0.717) is 21.5 Å². The summed E-state index contributed by atoms with van der Waals surface area (Å²) < 4.78 is 5.50. The SMILES string of the molecule is Nc1ccc(C(=O)O)cc1Oc1cc(Cl)cc(Cl)c1. The topological polar surface area (TPSA) is 72.6 Å². The number of carboxylic acids is 1. The lowest BCUT2D eigenvalue weighted by Gasteiger charge is -2.10. The highest BCUT2D eigenvalue weighted by molar-refractivity contribution is 6.34. The van der Waals surface area contributed by atoms with Crippen LogP contribution in [0.4, 0.5) is 5.69 Å². The summed E-state index contributed by atoms with van der Waals surface area (Å²) in [4.78, 5) is 10.9. The Labute approximate surface area is 119 Å². The maximum Gasteiger partial charge on any atom is 0.335 e. The zero-order valence-corrected chi connectivity index (χ0v) is 11.1. The minimum Gasteiger partial charge on any atom is -0.478 e. The van der Waals surface area contributed by atoms with Crippen LogP contribution in [0.15, 0.2) is 36.4 Å². The van der Waals surface area contributed by atoms with Gasteiger partial charge in [-0.2, -0.15) is 0 Å². The number of aromatic carboxylic acids is 1. The van der Waals surface area contributed by atoms with Crippen molar-refractivity contribution in [2.45, 2.75) is 0 Å². The molecule has 0 heterocycles. The Bertz CT molecular complexity index is 624. The molecule has 0 spiro atoms. The Kier molecular flexibility index (Phi) is 3.83. The molecule has 0 saturated heterocycles. The first kappa shape index (κ1) is 13.5. The van der Waals surface area contributed by atoms with Crippen molar-refractivity contribution in [1.82, 2.24) is 0 Å². The average molecular weight is 298 g/mol. The van der Waals surface area contributed by atoms with E-state index >= 15 is 0 Å². The number of carbonyl (C=O) groups is 1. The Hall–Kier alpha value is -1.91. The molecule has 2 aromatic rings. The number of hydrogen-bond acceptors (Lipinski definition) is 3. The average Bonchev–Trinajstić information content (AvgIpc) is 2.30. The van der Waals surface area contributed by atoms with E-state index < -0.39 is 5.97 Å². The fourth-order valence-electron chi connectivity index (χ4n) is 1.47. The van der Waals surface area contributed by atoms with Crippen LogP contribution in [0, 0.1) is 0 Å². The van der Waals surface area contributed by atoms with Crippen molar-refractivity contribution >= 4 is 34.9 Å². The fourth-order valence-corrected chi connectivity index (χ4v) is 1.98. The maximum atomic E-state index is 10.9. The monoisotopic (exact) mass is 297 g/mol. The Morgan fingerprint density at radius 3 is 2.32 bits per heavy atom. The normalized spacial score (nSPS) is 10.2. The molecular formula is C13H9Cl2NO3. The minimum atomic E-state index is -1.06. The van der Waals surface area contributed by atoms with E-state index in [-0.39, 0.29) is 11.3 Å². The lowest BCUT2D eigenvalue weighted by Crippen LogP contribution is -1.99. The molecule has 0 amide bonds. The molecule has 0 saturated carbocycles. The molecule has 0 unspecified atom stereocenters. The Morgan fingerprint density at radius 2 is 1.74 bits per heavy atom. The van der Waals surface area contributed by atoms with Gasteiger partial charge in [-0.05, 0) is 36.4 Å². The van der Waals surface area contributed by atoms with E-state index in [4.69, 9.17) is 38.8 Å². The third-order valence-electron chi connectivity index (χ3n) is 2.32. The van der Waals surface area contributed by atoms with Gasteiger partial charge >= 0.3 is 5.97 Å². The van der Waals surface area contributed by atoms with Gasteiger partial charge in [0.15, 0.2) is 5.75 Å². The molecular weight excluding hydrogens is 289 g/mol. The number of hydrogen-bond donors (Lipinski definition) is 2. The molecule has 0 fully saturated rings. The molecule has 0 aromatic heterocycles. The summed E-state index contributed by atoms with van der Waals surface area (Å²) in [6.07, 6.45) is 0. The van der Waals surface area contributed by atoms with E-state index in [0.717, 1.165) is 0 Å². The summed E-state index contributed by atoms with van der Waals surface area (Å²) in [5.74, 6) is -0.445. The first-order chi connectivity index (χ1) is 8.95. The molecule has 4 nitrogen and oxygen atoms in total. The van der Waals surface area contributed by atoms with E-state index in [1.54, 1.807) is 18.2 Å². The van der Waals surface area contributed by atoms with Crippen LogP contribution in [0.2, 0.25) is 10.0 Å². The van der Waals surface area contributed by atoms with Gasteiger partial charge in [0.05, 0.1) is 11.3 Å². The van der Waals surface area contributed by atoms with Crippen LogP contribution in [-0.4, -0.2) is 11.1 Å². The molecule has 2 rings (SSSR count). The number of nitrogen functional groups attached to an aromatic ring is 1. The fraction of sp³-hybridized carbons (Fsp3) is 0. The van der Waals surface area contributed by atoms with Gasteiger partial charge in [-0.25, -0.2) is 4.79 Å². The van der Waals surface area contributed by atoms with Crippen LogP contribution < -0.4 is 10.5 Å². The summed E-state index contributed by atoms with van der Waals surface area (Å²) in [5, 5.41) is 9.74. The Morgan fingerprint density at radius 1 is 1.11 bits per heavy atom. The third-order valence-corrected chi connectivity index (χ3v) is 2.76. The number of ether oxygens (including phenoxy) is 1. The highest BCUT2D eigenvalue weighted by Gasteiger charge is 2.09. The summed E-state index contributed by atoms with van der Waals surface area (Å²) in [5.41, 5.74) is 6.13. The van der Waals surface area contributed by atoms with Crippen molar-refractivity contribution in [2.75, 3.05) is 5.73 Å². The lowest BCUT2D eigenvalue weighted by atomic mass is 10.2. The zero-order valence-electron chi connectivity index (χ0n) is 9.56. The number of rotatable bonds is 3. The molecule has 0 aliphatic rings. The number of carboxylic acid groups (broad SMARTS) is 1. The second-order valence-electron chi connectivity index (χ2n) is 3.76. The third kappa shape index (κ3) is 3.30. The maximum absolute atomic E-state index is 10.9. The first-order valence-corrected chi connectivity index (χ1v) is 5.98. The van der Waals surface area contributed by atoms with Crippen molar-refractivity contribution in [3.05, 3.63) is 52.0 Å². The molecule has 0 aliphatic carbocycles. The number of benzene rings is 2. The standard InChI is InChI=1S/C13H9Cl2NO3/c14-8-4-9(15)6-10(5-8)19-12-3-7(13(17)18)1-2-11(12)16/h1-6H,16H2,(H,17,18). The molecule has 19 heavy (non-hydrogen) atoms. The van der Waals surface area contributed by atoms with Crippen LogP contribution in [0.5, 0.6) is 11.5 Å². The van der Waals surface area contributed by atoms with Gasteiger partial charge in [-0.15, -0.1) is 0 Å². The lowest BCUT2D eigenvalue weighted by molar-refractivity contribution is 0.0696. The smallest absolute Gasteiger partial charge is 0.335 e. The van der Waals surface area contributed by atoms with Crippen molar-refractivity contribution in [3.63, 3.8) is 0 Å². The molecule has 98 valence electrons. The zero-order chi connectivity index (χ0) is 14.0. The van der Waals surface area contributed by atoms with Crippen molar-refractivity contribution in [2.24, 2.45) is 0 Å². The number of anilines is 1. The number of halogens is 2. The molecule has 2 aromatic carbocycles. The number of nitrogens with two attached hydrogens (primary N) is 1. The second-order valence-corrected chi connectivity index (χ2v) is 4.64. The van der Waals surface area contributed by atoms with Gasteiger partial charge < -0.3 is 15.6 Å². The van der Waals surface area contributed by atoms with Crippen LogP contribution in [0.3, 0.4) is 0 Å². The highest BCUT2D eigenvalue weighted by atomic mass is 35.5. The molecule has 6 heteroatoms. The van der Waals surface area contributed by atoms with E-state index in [1.165, 1.54) is 18.2 Å². The van der Waals surface area contributed by atoms with Crippen LogP contribution >= 0.6 is 23.2 Å². The van der Waals surface area contributed by atoms with Gasteiger partial charge in [-0.3, -0.25) is 0 Å². The highest BCUT2D eigenvalue weighted by Crippen LogP contribution is 2.32. The van der Waals surface area contributed by atoms with E-state index in [1.807, 2.05) is 0 Å². The summed E-state index contributed by atoms with van der Waals surface area (Å²) >= 11 is 11.7. The van der Waals surface area contributed by atoms with Gasteiger partial charge in [0.25, 0.3) is 0 Å². The van der Waals surface area contributed by atoms with E-state index in [2.05, 4.69) is 0 Å². The summed E-state index contributed by atoms with van der Waals surface area (Å²) in [6.45, 7) is 0. The van der Waals surface area contributed by atoms with Crippen LogP contribution in [0.1, 0.15) is 10.4 Å². The molecule has 3 N–H and O–H groups in total. The molecule has 0 bridgehead atoms. The van der Waals surface area contributed by atoms with Crippen LogP contribution in [-0.2, 0) is 0 Å². The van der Waals surface area contributed by atoms with Crippen molar-refractivity contribution < 1.29 is 14.6 Å². The predicted molar refractivity (Wildman–Crippen MR) is 74.3 cm³/mol. The quantitative estimate of drug-likeness (QED) is 0.838. The predicted octanol–water partition coefficient (Wildman–Crippen LogP) is 4.07. The van der Waals surface area contributed by atoms with Gasteiger partial charge in [0, 0.05) is 10.0 Å². The van der Waals surface area contributed by atoms with Gasteiger partial charge in [-0.1, -0.05) is 23.2 Å². The molecule has 0 radical (unpaired) electrons. The largest absolute Gasteiger partial charge is 0.478 e. The van der Waals surface area contributed by atoms with Gasteiger partial charge in [0.1, 0.15) is 5.75 Å². The van der Waals surface area contributed by atoms with Crippen molar-refractivity contribution in [3.8, 4) is 11.5 Å².